The van der Waals surface area contributed by atoms with Crippen molar-refractivity contribution in [3.8, 4) is 0 Å². The lowest BCUT2D eigenvalue weighted by Gasteiger charge is -2.20. The number of halogens is 3. The van der Waals surface area contributed by atoms with Gasteiger partial charge in [0.1, 0.15) is 11.9 Å². The van der Waals surface area contributed by atoms with Crippen molar-refractivity contribution in [2.24, 2.45) is 5.92 Å². The second-order valence-corrected chi connectivity index (χ2v) is 4.80. The molecule has 2 atom stereocenters. The first-order chi connectivity index (χ1) is 9.76. The lowest BCUT2D eigenvalue weighted by atomic mass is 9.99. The molecule has 0 aliphatic rings. The van der Waals surface area contributed by atoms with Crippen molar-refractivity contribution in [1.82, 2.24) is 5.32 Å². The molecule has 0 bridgehead atoms. The normalized spacial score (nSPS) is 13.6. The minimum Gasteiger partial charge on any atom is -0.480 e. The standard InChI is InChI=1S/C14H16F3NO3/c1-3-7(2)13(14(20)21)18-12(19)5-8-4-10(16)11(17)6-9(8)15/h4,6-7,13H,3,5H2,1-2H3,(H,18,19)(H,20,21)/t7-,13-/m0/s1. The Bertz CT molecular complexity index is 549. The molecule has 1 rings (SSSR count). The minimum atomic E-state index is -1.35. The van der Waals surface area contributed by atoms with E-state index in [0.29, 0.717) is 18.6 Å². The van der Waals surface area contributed by atoms with Gasteiger partial charge in [0.05, 0.1) is 6.42 Å². The molecule has 0 aliphatic heterocycles. The van der Waals surface area contributed by atoms with Crippen LogP contribution in [-0.2, 0) is 16.0 Å². The van der Waals surface area contributed by atoms with Crippen molar-refractivity contribution >= 4 is 11.9 Å². The average Bonchev–Trinajstić information content (AvgIpc) is 2.41. The predicted molar refractivity (Wildman–Crippen MR) is 69.0 cm³/mol. The van der Waals surface area contributed by atoms with E-state index in [9.17, 15) is 22.8 Å². The molecule has 0 aromatic heterocycles. The zero-order valence-electron chi connectivity index (χ0n) is 11.6. The maximum atomic E-state index is 13.4. The van der Waals surface area contributed by atoms with E-state index in [2.05, 4.69) is 5.32 Å². The summed E-state index contributed by atoms with van der Waals surface area (Å²) in [6, 6.07) is -0.180. The third-order valence-corrected chi connectivity index (χ3v) is 3.24. The fraction of sp³-hybridized carbons (Fsp3) is 0.429. The van der Waals surface area contributed by atoms with Crippen LogP contribution in [0.15, 0.2) is 12.1 Å². The maximum Gasteiger partial charge on any atom is 0.326 e. The highest BCUT2D eigenvalue weighted by molar-refractivity contribution is 5.85. The number of hydrogen-bond acceptors (Lipinski definition) is 2. The second-order valence-electron chi connectivity index (χ2n) is 4.80. The number of amides is 1. The van der Waals surface area contributed by atoms with Gasteiger partial charge in [-0.15, -0.1) is 0 Å². The molecule has 7 heteroatoms. The summed E-state index contributed by atoms with van der Waals surface area (Å²) < 4.78 is 39.2. The van der Waals surface area contributed by atoms with Gasteiger partial charge in [-0.25, -0.2) is 18.0 Å². The largest absolute Gasteiger partial charge is 0.480 e. The number of carbonyl (C=O) groups excluding carboxylic acids is 1. The van der Waals surface area contributed by atoms with Crippen LogP contribution >= 0.6 is 0 Å². The number of carboxylic acids is 1. The van der Waals surface area contributed by atoms with E-state index in [1.165, 1.54) is 0 Å². The molecule has 21 heavy (non-hydrogen) atoms. The Morgan fingerprint density at radius 3 is 2.29 bits per heavy atom. The molecule has 0 heterocycles. The van der Waals surface area contributed by atoms with Crippen molar-refractivity contribution in [2.45, 2.75) is 32.7 Å². The first-order valence-electron chi connectivity index (χ1n) is 6.41. The molecule has 1 aromatic rings. The Morgan fingerprint density at radius 1 is 1.19 bits per heavy atom. The summed E-state index contributed by atoms with van der Waals surface area (Å²) in [5.41, 5.74) is -0.334. The second kappa shape index (κ2) is 7.10. The van der Waals surface area contributed by atoms with Gasteiger partial charge in [-0.2, -0.15) is 0 Å². The summed E-state index contributed by atoms with van der Waals surface area (Å²) in [6.45, 7) is 3.42. The van der Waals surface area contributed by atoms with Crippen LogP contribution in [0.25, 0.3) is 0 Å². The number of aliphatic carboxylic acids is 1. The third kappa shape index (κ3) is 4.47. The molecule has 2 N–H and O–H groups in total. The molecule has 0 saturated heterocycles. The van der Waals surface area contributed by atoms with Crippen LogP contribution in [0.1, 0.15) is 25.8 Å². The first kappa shape index (κ1) is 17.0. The molecule has 1 aromatic carbocycles. The van der Waals surface area contributed by atoms with Gasteiger partial charge in [0, 0.05) is 11.6 Å². The molecule has 1 amide bonds. The average molecular weight is 303 g/mol. The molecule has 116 valence electrons. The summed E-state index contributed by atoms with van der Waals surface area (Å²) in [5, 5.41) is 11.3. The molecular formula is C14H16F3NO3. The predicted octanol–water partition coefficient (Wildman–Crippen LogP) is 2.26. The minimum absolute atomic E-state index is 0.318. The Balaban J connectivity index is 2.81. The van der Waals surface area contributed by atoms with Crippen molar-refractivity contribution in [1.29, 1.82) is 0 Å². The Labute approximate surface area is 120 Å². The molecular weight excluding hydrogens is 287 g/mol. The number of carboxylic acid groups (broad SMARTS) is 1. The summed E-state index contributed by atoms with van der Waals surface area (Å²) in [4.78, 5) is 22.8. The van der Waals surface area contributed by atoms with E-state index in [1.807, 2.05) is 0 Å². The Kier molecular flexibility index (Phi) is 5.75. The smallest absolute Gasteiger partial charge is 0.326 e. The highest BCUT2D eigenvalue weighted by Gasteiger charge is 2.25. The van der Waals surface area contributed by atoms with Gasteiger partial charge in [0.25, 0.3) is 0 Å². The van der Waals surface area contributed by atoms with E-state index >= 15 is 0 Å². The van der Waals surface area contributed by atoms with Crippen LogP contribution in [0.3, 0.4) is 0 Å². The first-order valence-corrected chi connectivity index (χ1v) is 6.41. The van der Waals surface area contributed by atoms with Crippen molar-refractivity contribution in [2.75, 3.05) is 0 Å². The van der Waals surface area contributed by atoms with Gasteiger partial charge in [-0.05, 0) is 12.0 Å². The number of carbonyl (C=O) groups is 2. The zero-order chi connectivity index (χ0) is 16.2. The highest BCUT2D eigenvalue weighted by atomic mass is 19.2. The van der Waals surface area contributed by atoms with Crippen LogP contribution < -0.4 is 5.32 Å². The van der Waals surface area contributed by atoms with Crippen molar-refractivity contribution in [3.63, 3.8) is 0 Å². The third-order valence-electron chi connectivity index (χ3n) is 3.24. The van der Waals surface area contributed by atoms with E-state index in [4.69, 9.17) is 5.11 Å². The van der Waals surface area contributed by atoms with Gasteiger partial charge in [0.15, 0.2) is 11.6 Å². The van der Waals surface area contributed by atoms with E-state index in [1.54, 1.807) is 13.8 Å². The molecule has 0 saturated carbocycles. The number of benzene rings is 1. The summed E-state index contributed by atoms with van der Waals surface area (Å²) in [6.07, 6.45) is -0.0416. The number of rotatable bonds is 6. The molecule has 0 radical (unpaired) electrons. The monoisotopic (exact) mass is 303 g/mol. The fourth-order valence-electron chi connectivity index (χ4n) is 1.78. The van der Waals surface area contributed by atoms with Gasteiger partial charge in [-0.3, -0.25) is 4.79 Å². The SMILES string of the molecule is CC[C@H](C)[C@H](NC(=O)Cc1cc(F)c(F)cc1F)C(=O)O. The molecule has 0 unspecified atom stereocenters. The molecule has 0 spiro atoms. The summed E-state index contributed by atoms with van der Waals surface area (Å²) in [5.74, 6) is -5.97. The van der Waals surface area contributed by atoms with Gasteiger partial charge in [0.2, 0.25) is 5.91 Å². The van der Waals surface area contributed by atoms with Crippen LogP contribution in [0.5, 0.6) is 0 Å². The quantitative estimate of drug-likeness (QED) is 0.792. The lowest BCUT2D eigenvalue weighted by molar-refractivity contribution is -0.143. The van der Waals surface area contributed by atoms with Gasteiger partial charge in [-0.1, -0.05) is 20.3 Å². The topological polar surface area (TPSA) is 66.4 Å². The molecule has 0 aliphatic carbocycles. The number of nitrogens with one attached hydrogen (secondary N) is 1. The van der Waals surface area contributed by atoms with Gasteiger partial charge >= 0.3 is 5.97 Å². The molecule has 4 nitrogen and oxygen atoms in total. The van der Waals surface area contributed by atoms with Crippen LogP contribution in [0, 0.1) is 23.4 Å². The highest BCUT2D eigenvalue weighted by Crippen LogP contribution is 2.15. The molecule has 0 fully saturated rings. The summed E-state index contributed by atoms with van der Waals surface area (Å²) in [7, 11) is 0. The van der Waals surface area contributed by atoms with Crippen LogP contribution in [-0.4, -0.2) is 23.0 Å². The van der Waals surface area contributed by atoms with Crippen molar-refractivity contribution < 1.29 is 27.9 Å². The number of hydrogen-bond donors (Lipinski definition) is 2. The van der Waals surface area contributed by atoms with Crippen molar-refractivity contribution in [3.05, 3.63) is 35.1 Å². The summed E-state index contributed by atoms with van der Waals surface area (Å²) >= 11 is 0. The van der Waals surface area contributed by atoms with E-state index in [-0.39, 0.29) is 11.5 Å². The zero-order valence-corrected chi connectivity index (χ0v) is 11.6. The fourth-order valence-corrected chi connectivity index (χ4v) is 1.78. The van der Waals surface area contributed by atoms with Crippen LogP contribution in [0.4, 0.5) is 13.2 Å². The van der Waals surface area contributed by atoms with E-state index < -0.39 is 41.8 Å². The Hall–Kier alpha value is -2.05. The lowest BCUT2D eigenvalue weighted by Crippen LogP contribution is -2.45. The Morgan fingerprint density at radius 2 is 1.76 bits per heavy atom. The maximum absolute atomic E-state index is 13.4. The van der Waals surface area contributed by atoms with E-state index in [0.717, 1.165) is 0 Å². The van der Waals surface area contributed by atoms with Gasteiger partial charge < -0.3 is 10.4 Å². The van der Waals surface area contributed by atoms with Crippen LogP contribution in [0.2, 0.25) is 0 Å².